The van der Waals surface area contributed by atoms with Crippen LogP contribution in [0.5, 0.6) is 0 Å². The zero-order valence-electron chi connectivity index (χ0n) is 12.3. The van der Waals surface area contributed by atoms with Gasteiger partial charge in [0, 0.05) is 7.05 Å². The van der Waals surface area contributed by atoms with E-state index < -0.39 is 5.41 Å². The van der Waals surface area contributed by atoms with Crippen LogP contribution in [-0.2, 0) is 15.0 Å². The highest BCUT2D eigenvalue weighted by atomic mass is 35.5. The molecule has 3 aliphatic carbocycles. The molecule has 1 aliphatic heterocycles. The fraction of sp³-hybridized carbons (Fsp3) is 0.529. The number of benzene rings is 1. The monoisotopic (exact) mass is 337 g/mol. The quantitative estimate of drug-likeness (QED) is 0.733. The molecule has 0 spiro atoms. The molecule has 1 heterocycles. The number of nitrogens with zero attached hydrogens (tertiary/aromatic N) is 1. The van der Waals surface area contributed by atoms with Crippen LogP contribution in [-0.4, -0.2) is 23.8 Å². The summed E-state index contributed by atoms with van der Waals surface area (Å²) >= 11 is 12.2. The number of hydrogen-bond acceptors (Lipinski definition) is 2. The van der Waals surface area contributed by atoms with Crippen molar-refractivity contribution in [2.75, 3.05) is 7.05 Å². The number of amides is 2. The number of fused-ring (bicyclic) bond motifs is 2. The molecule has 0 radical (unpaired) electrons. The predicted octanol–water partition coefficient (Wildman–Crippen LogP) is 3.67. The first-order valence-corrected chi connectivity index (χ1v) is 8.51. The van der Waals surface area contributed by atoms with Gasteiger partial charge in [-0.1, -0.05) is 29.3 Å². The molecule has 22 heavy (non-hydrogen) atoms. The van der Waals surface area contributed by atoms with Gasteiger partial charge in [0.2, 0.25) is 11.8 Å². The van der Waals surface area contributed by atoms with Crippen molar-refractivity contribution in [1.82, 2.24) is 4.90 Å². The van der Waals surface area contributed by atoms with E-state index in [-0.39, 0.29) is 23.7 Å². The van der Waals surface area contributed by atoms with Crippen molar-refractivity contribution in [3.05, 3.63) is 33.8 Å². The van der Waals surface area contributed by atoms with Crippen LogP contribution in [0.15, 0.2) is 18.2 Å². The molecule has 116 valence electrons. The maximum absolute atomic E-state index is 13.1. The van der Waals surface area contributed by atoms with Crippen LogP contribution >= 0.6 is 23.2 Å². The van der Waals surface area contributed by atoms with Crippen LogP contribution in [0, 0.1) is 17.8 Å². The molecule has 2 unspecified atom stereocenters. The molecule has 1 aromatic carbocycles. The van der Waals surface area contributed by atoms with E-state index in [0.717, 1.165) is 31.2 Å². The normalized spacial score (nSPS) is 36.9. The first kappa shape index (κ1) is 14.5. The summed E-state index contributed by atoms with van der Waals surface area (Å²) in [5.74, 6) is 0.220. The van der Waals surface area contributed by atoms with Gasteiger partial charge in [0.15, 0.2) is 0 Å². The minimum Gasteiger partial charge on any atom is -0.285 e. The van der Waals surface area contributed by atoms with Crippen molar-refractivity contribution >= 4 is 35.0 Å². The lowest BCUT2D eigenvalue weighted by molar-refractivity contribution is -0.139. The Kier molecular flexibility index (Phi) is 3.11. The summed E-state index contributed by atoms with van der Waals surface area (Å²) in [6.45, 7) is 0. The number of halogens is 2. The van der Waals surface area contributed by atoms with Crippen molar-refractivity contribution in [3.8, 4) is 0 Å². The molecule has 1 aromatic rings. The Labute approximate surface area is 139 Å². The van der Waals surface area contributed by atoms with Gasteiger partial charge in [-0.15, -0.1) is 0 Å². The van der Waals surface area contributed by atoms with E-state index in [1.807, 2.05) is 6.07 Å². The number of hydrogen-bond donors (Lipinski definition) is 0. The highest BCUT2D eigenvalue weighted by Crippen LogP contribution is 2.61. The summed E-state index contributed by atoms with van der Waals surface area (Å²) < 4.78 is 0. The van der Waals surface area contributed by atoms with Crippen LogP contribution in [0.1, 0.15) is 31.2 Å². The summed E-state index contributed by atoms with van der Waals surface area (Å²) in [5, 5.41) is 0.924. The first-order valence-electron chi connectivity index (χ1n) is 7.75. The number of imide groups is 1. The van der Waals surface area contributed by atoms with Crippen LogP contribution in [0.25, 0.3) is 0 Å². The number of carbonyl (C=O) groups is 2. The molecule has 0 N–H and O–H groups in total. The fourth-order valence-electron chi connectivity index (χ4n) is 5.12. The molecule has 0 aromatic heterocycles. The molecule has 3 saturated carbocycles. The maximum Gasteiger partial charge on any atom is 0.240 e. The van der Waals surface area contributed by atoms with Gasteiger partial charge in [-0.05, 0) is 55.2 Å². The van der Waals surface area contributed by atoms with Gasteiger partial charge in [-0.25, -0.2) is 0 Å². The fourth-order valence-corrected chi connectivity index (χ4v) is 5.41. The summed E-state index contributed by atoms with van der Waals surface area (Å²) in [5.41, 5.74) is 0.144. The Bertz CT molecular complexity index is 681. The lowest BCUT2D eigenvalue weighted by Gasteiger charge is -2.51. The van der Waals surface area contributed by atoms with Crippen molar-refractivity contribution in [2.45, 2.75) is 31.1 Å². The molecular formula is C17H17Cl2NO2. The highest BCUT2D eigenvalue weighted by Gasteiger charge is 2.68. The molecule has 4 aliphatic rings. The number of carbonyl (C=O) groups excluding carboxylic acids is 2. The number of likely N-dealkylation sites (N-methyl/N-ethyl adjacent to an activating group) is 1. The third-order valence-electron chi connectivity index (χ3n) is 6.03. The number of rotatable bonds is 1. The van der Waals surface area contributed by atoms with E-state index in [4.69, 9.17) is 23.2 Å². The molecule has 2 bridgehead atoms. The first-order chi connectivity index (χ1) is 10.5. The van der Waals surface area contributed by atoms with Crippen LogP contribution < -0.4 is 0 Å². The van der Waals surface area contributed by atoms with E-state index in [9.17, 15) is 9.59 Å². The Balaban J connectivity index is 1.96. The second-order valence-corrected chi connectivity index (χ2v) is 7.60. The molecule has 4 fully saturated rings. The molecule has 1 saturated heterocycles. The second-order valence-electron chi connectivity index (χ2n) is 6.79. The Morgan fingerprint density at radius 3 is 2.41 bits per heavy atom. The summed E-state index contributed by atoms with van der Waals surface area (Å²) in [7, 11) is 1.61. The summed E-state index contributed by atoms with van der Waals surface area (Å²) in [6, 6.07) is 5.41. The summed E-state index contributed by atoms with van der Waals surface area (Å²) in [6.07, 6.45) is 4.11. The van der Waals surface area contributed by atoms with E-state index in [1.165, 1.54) is 4.90 Å². The SMILES string of the molecule is CN1C(=O)C2C3CCC(CC3)C2(c2ccc(Cl)c(Cl)c2)C1=O. The van der Waals surface area contributed by atoms with Crippen molar-refractivity contribution in [3.63, 3.8) is 0 Å². The van der Waals surface area contributed by atoms with Gasteiger partial charge in [0.05, 0.1) is 21.4 Å². The zero-order valence-corrected chi connectivity index (χ0v) is 13.8. The van der Waals surface area contributed by atoms with E-state index in [1.54, 1.807) is 19.2 Å². The second kappa shape index (κ2) is 4.72. The maximum atomic E-state index is 13.1. The van der Waals surface area contributed by atoms with Crippen molar-refractivity contribution < 1.29 is 9.59 Å². The van der Waals surface area contributed by atoms with Gasteiger partial charge < -0.3 is 0 Å². The Morgan fingerprint density at radius 1 is 1.09 bits per heavy atom. The highest BCUT2D eigenvalue weighted by molar-refractivity contribution is 6.42. The van der Waals surface area contributed by atoms with Crippen LogP contribution in [0.2, 0.25) is 10.0 Å². The Morgan fingerprint density at radius 2 is 1.77 bits per heavy atom. The van der Waals surface area contributed by atoms with Gasteiger partial charge in [0.1, 0.15) is 0 Å². The molecule has 5 rings (SSSR count). The minimum atomic E-state index is -0.721. The lowest BCUT2D eigenvalue weighted by atomic mass is 9.49. The van der Waals surface area contributed by atoms with Gasteiger partial charge in [-0.2, -0.15) is 0 Å². The third kappa shape index (κ3) is 1.59. The van der Waals surface area contributed by atoms with Gasteiger partial charge in [0.25, 0.3) is 0 Å². The van der Waals surface area contributed by atoms with E-state index in [0.29, 0.717) is 16.0 Å². The van der Waals surface area contributed by atoms with Crippen LogP contribution in [0.4, 0.5) is 0 Å². The average Bonchev–Trinajstić information content (AvgIpc) is 2.75. The average molecular weight is 338 g/mol. The van der Waals surface area contributed by atoms with Gasteiger partial charge >= 0.3 is 0 Å². The molecule has 2 atom stereocenters. The minimum absolute atomic E-state index is 0.0227. The zero-order chi connectivity index (χ0) is 15.6. The molecule has 3 nitrogen and oxygen atoms in total. The summed E-state index contributed by atoms with van der Waals surface area (Å²) in [4.78, 5) is 27.1. The van der Waals surface area contributed by atoms with Gasteiger partial charge in [-0.3, -0.25) is 14.5 Å². The lowest BCUT2D eigenvalue weighted by Crippen LogP contribution is -2.55. The van der Waals surface area contributed by atoms with Crippen molar-refractivity contribution in [2.24, 2.45) is 17.8 Å². The van der Waals surface area contributed by atoms with Crippen molar-refractivity contribution in [1.29, 1.82) is 0 Å². The largest absolute Gasteiger partial charge is 0.285 e. The Hall–Kier alpha value is -1.06. The standard InChI is InChI=1S/C17H17Cl2NO2/c1-20-15(21)14-9-2-4-10(5-3-9)17(14,16(20)22)11-6-7-12(18)13(19)8-11/h6-10,14H,2-5H2,1H3. The predicted molar refractivity (Wildman–Crippen MR) is 84.9 cm³/mol. The number of likely N-dealkylation sites (tertiary alicyclic amines) is 1. The third-order valence-corrected chi connectivity index (χ3v) is 6.77. The molecule has 2 amide bonds. The van der Waals surface area contributed by atoms with E-state index in [2.05, 4.69) is 0 Å². The topological polar surface area (TPSA) is 37.4 Å². The smallest absolute Gasteiger partial charge is 0.240 e. The molecular weight excluding hydrogens is 321 g/mol. The van der Waals surface area contributed by atoms with E-state index >= 15 is 0 Å². The van der Waals surface area contributed by atoms with Crippen LogP contribution in [0.3, 0.4) is 0 Å². The molecule has 5 heteroatoms.